The van der Waals surface area contributed by atoms with Crippen molar-refractivity contribution < 1.29 is 27.6 Å². The van der Waals surface area contributed by atoms with Crippen molar-refractivity contribution in [1.29, 1.82) is 0 Å². The Bertz CT molecular complexity index is 852. The van der Waals surface area contributed by atoms with Gasteiger partial charge in [0.05, 0.1) is 4.92 Å². The quantitative estimate of drug-likeness (QED) is 0.410. The average molecular weight is 394 g/mol. The Morgan fingerprint density at radius 1 is 1.18 bits per heavy atom. The van der Waals surface area contributed by atoms with Crippen molar-refractivity contribution in [2.24, 2.45) is 0 Å². The van der Waals surface area contributed by atoms with Crippen molar-refractivity contribution in [3.63, 3.8) is 0 Å². The third kappa shape index (κ3) is 6.42. The summed E-state index contributed by atoms with van der Waals surface area (Å²) >= 11 is 0. The highest BCUT2D eigenvalue weighted by molar-refractivity contribution is 5.67. The van der Waals surface area contributed by atoms with E-state index in [0.29, 0.717) is 12.5 Å². The number of ether oxygens (including phenoxy) is 1. The minimum absolute atomic E-state index is 0.137. The SMILES string of the molecule is O=C(NCCC=Cc1ccc(C(F)(F)F)c([N+](=O)[O-])c1)OCc1ccccc1. The summed E-state index contributed by atoms with van der Waals surface area (Å²) in [5.74, 6) is 0. The van der Waals surface area contributed by atoms with Crippen LogP contribution < -0.4 is 5.32 Å². The maximum atomic E-state index is 12.8. The van der Waals surface area contributed by atoms with E-state index in [1.807, 2.05) is 30.3 Å². The molecule has 2 rings (SSSR count). The van der Waals surface area contributed by atoms with Crippen molar-refractivity contribution in [3.8, 4) is 0 Å². The van der Waals surface area contributed by atoms with Gasteiger partial charge in [-0.15, -0.1) is 0 Å². The number of rotatable bonds is 7. The van der Waals surface area contributed by atoms with Crippen LogP contribution in [0, 0.1) is 10.1 Å². The van der Waals surface area contributed by atoms with E-state index < -0.39 is 28.4 Å². The van der Waals surface area contributed by atoms with Gasteiger partial charge in [0, 0.05) is 12.6 Å². The molecule has 2 aromatic carbocycles. The molecule has 1 amide bonds. The van der Waals surface area contributed by atoms with Crippen LogP contribution in [-0.4, -0.2) is 17.6 Å². The second kappa shape index (κ2) is 9.54. The van der Waals surface area contributed by atoms with E-state index in [0.717, 1.165) is 17.7 Å². The Morgan fingerprint density at radius 2 is 1.89 bits per heavy atom. The van der Waals surface area contributed by atoms with Gasteiger partial charge in [-0.2, -0.15) is 13.2 Å². The number of hydrogen-bond acceptors (Lipinski definition) is 4. The minimum Gasteiger partial charge on any atom is -0.445 e. The van der Waals surface area contributed by atoms with Crippen LogP contribution >= 0.6 is 0 Å². The molecule has 9 heteroatoms. The number of carbonyl (C=O) groups excluding carboxylic acids is 1. The zero-order valence-corrected chi connectivity index (χ0v) is 14.6. The van der Waals surface area contributed by atoms with Crippen LogP contribution in [0.25, 0.3) is 6.08 Å². The molecule has 0 spiro atoms. The fourth-order valence-corrected chi connectivity index (χ4v) is 2.29. The summed E-state index contributed by atoms with van der Waals surface area (Å²) in [5.41, 5.74) is -1.19. The summed E-state index contributed by atoms with van der Waals surface area (Å²) in [4.78, 5) is 21.4. The first kappa shape index (κ1) is 20.9. The summed E-state index contributed by atoms with van der Waals surface area (Å²) in [6.45, 7) is 0.380. The van der Waals surface area contributed by atoms with Crippen LogP contribution in [0.15, 0.2) is 54.6 Å². The molecule has 0 fully saturated rings. The second-order valence-corrected chi connectivity index (χ2v) is 5.71. The summed E-state index contributed by atoms with van der Waals surface area (Å²) < 4.78 is 43.3. The maximum Gasteiger partial charge on any atom is 0.422 e. The minimum atomic E-state index is -4.80. The van der Waals surface area contributed by atoms with Crippen LogP contribution in [0.4, 0.5) is 23.7 Å². The smallest absolute Gasteiger partial charge is 0.422 e. The molecular formula is C19H17F3N2O4. The lowest BCUT2D eigenvalue weighted by molar-refractivity contribution is -0.388. The highest BCUT2D eigenvalue weighted by atomic mass is 19.4. The highest BCUT2D eigenvalue weighted by Crippen LogP contribution is 2.36. The second-order valence-electron chi connectivity index (χ2n) is 5.71. The molecule has 1 N–H and O–H groups in total. The van der Waals surface area contributed by atoms with Crippen molar-refractivity contribution in [2.45, 2.75) is 19.2 Å². The first-order valence-electron chi connectivity index (χ1n) is 8.24. The Balaban J connectivity index is 1.82. The third-order valence-electron chi connectivity index (χ3n) is 3.63. The molecule has 28 heavy (non-hydrogen) atoms. The van der Waals surface area contributed by atoms with Crippen LogP contribution in [-0.2, 0) is 17.5 Å². The number of amides is 1. The van der Waals surface area contributed by atoms with E-state index in [1.165, 1.54) is 6.08 Å². The lowest BCUT2D eigenvalue weighted by Gasteiger charge is -2.07. The lowest BCUT2D eigenvalue weighted by atomic mass is 10.1. The maximum absolute atomic E-state index is 12.8. The van der Waals surface area contributed by atoms with Crippen molar-refractivity contribution >= 4 is 17.9 Å². The van der Waals surface area contributed by atoms with Crippen LogP contribution in [0.2, 0.25) is 0 Å². The molecule has 0 radical (unpaired) electrons. The molecule has 0 aromatic heterocycles. The van der Waals surface area contributed by atoms with Gasteiger partial charge in [0.1, 0.15) is 12.2 Å². The highest BCUT2D eigenvalue weighted by Gasteiger charge is 2.38. The van der Waals surface area contributed by atoms with Crippen molar-refractivity contribution in [2.75, 3.05) is 6.54 Å². The monoisotopic (exact) mass is 394 g/mol. The number of carbonyl (C=O) groups is 1. The largest absolute Gasteiger partial charge is 0.445 e. The molecule has 0 saturated carbocycles. The first-order valence-corrected chi connectivity index (χ1v) is 8.24. The van der Waals surface area contributed by atoms with Gasteiger partial charge < -0.3 is 10.1 Å². The van der Waals surface area contributed by atoms with Crippen molar-refractivity contribution in [3.05, 3.63) is 81.4 Å². The van der Waals surface area contributed by atoms with Gasteiger partial charge in [-0.3, -0.25) is 10.1 Å². The Morgan fingerprint density at radius 3 is 2.54 bits per heavy atom. The predicted molar refractivity (Wildman–Crippen MR) is 96.4 cm³/mol. The van der Waals surface area contributed by atoms with Gasteiger partial charge in [0.15, 0.2) is 0 Å². The van der Waals surface area contributed by atoms with Gasteiger partial charge in [-0.25, -0.2) is 4.79 Å². The van der Waals surface area contributed by atoms with Gasteiger partial charge in [0.25, 0.3) is 5.69 Å². The molecule has 0 unspecified atom stereocenters. The normalized spacial score (nSPS) is 11.4. The number of hydrogen-bond donors (Lipinski definition) is 1. The summed E-state index contributed by atoms with van der Waals surface area (Å²) in [5, 5.41) is 13.4. The zero-order valence-electron chi connectivity index (χ0n) is 14.6. The molecular weight excluding hydrogens is 377 g/mol. The molecule has 148 valence electrons. The molecule has 0 atom stereocenters. The van der Waals surface area contributed by atoms with E-state index in [4.69, 9.17) is 4.74 Å². The molecule has 0 aliphatic heterocycles. The number of nitrogens with zero attached hydrogens (tertiary/aromatic N) is 1. The number of nitro benzene ring substituents is 1. The molecule has 2 aromatic rings. The molecule has 0 heterocycles. The van der Waals surface area contributed by atoms with Gasteiger partial charge in [-0.05, 0) is 23.6 Å². The van der Waals surface area contributed by atoms with Crippen LogP contribution in [0.3, 0.4) is 0 Å². The standard InChI is InChI=1S/C19H17F3N2O4/c20-19(21,22)16-10-9-14(12-17(16)24(26)27)6-4-5-11-23-18(25)28-13-15-7-2-1-3-8-15/h1-4,6-10,12H,5,11,13H2,(H,23,25). The number of alkyl carbamates (subject to hydrolysis) is 1. The van der Waals surface area contributed by atoms with Crippen LogP contribution in [0.1, 0.15) is 23.1 Å². The van der Waals surface area contributed by atoms with E-state index in [9.17, 15) is 28.1 Å². The van der Waals surface area contributed by atoms with E-state index in [-0.39, 0.29) is 18.7 Å². The summed E-state index contributed by atoms with van der Waals surface area (Å²) in [6, 6.07) is 11.8. The van der Waals surface area contributed by atoms with Gasteiger partial charge in [-0.1, -0.05) is 48.6 Å². The number of halogens is 3. The number of nitro groups is 1. The van der Waals surface area contributed by atoms with Gasteiger partial charge >= 0.3 is 12.3 Å². The first-order chi connectivity index (χ1) is 13.3. The molecule has 0 bridgehead atoms. The molecule has 0 saturated heterocycles. The number of nitrogens with one attached hydrogen (secondary N) is 1. The van der Waals surface area contributed by atoms with E-state index in [1.54, 1.807) is 6.08 Å². The Kier molecular flexibility index (Phi) is 7.14. The number of benzene rings is 2. The Hall–Kier alpha value is -3.36. The average Bonchev–Trinajstić information content (AvgIpc) is 2.66. The van der Waals surface area contributed by atoms with E-state index >= 15 is 0 Å². The summed E-state index contributed by atoms with van der Waals surface area (Å²) in [7, 11) is 0. The lowest BCUT2D eigenvalue weighted by Crippen LogP contribution is -2.24. The topological polar surface area (TPSA) is 81.5 Å². The van der Waals surface area contributed by atoms with Crippen LogP contribution in [0.5, 0.6) is 0 Å². The summed E-state index contributed by atoms with van der Waals surface area (Å²) in [6.07, 6.45) is -1.99. The Labute approximate surface area is 158 Å². The molecule has 6 nitrogen and oxygen atoms in total. The van der Waals surface area contributed by atoms with Crippen molar-refractivity contribution in [1.82, 2.24) is 5.32 Å². The number of alkyl halides is 3. The third-order valence-corrected chi connectivity index (χ3v) is 3.63. The molecule has 0 aliphatic rings. The van der Waals surface area contributed by atoms with E-state index in [2.05, 4.69) is 5.32 Å². The molecule has 0 aliphatic carbocycles. The van der Waals surface area contributed by atoms with Gasteiger partial charge in [0.2, 0.25) is 0 Å². The zero-order chi connectivity index (χ0) is 20.6. The fraction of sp³-hybridized carbons (Fsp3) is 0.211. The predicted octanol–water partition coefficient (Wildman–Crippen LogP) is 4.94. The fourth-order valence-electron chi connectivity index (χ4n) is 2.29.